The highest BCUT2D eigenvalue weighted by atomic mass is 32.1. The molecule has 2 aromatic heterocycles. The number of aromatic nitrogens is 2. The van der Waals surface area contributed by atoms with E-state index in [1.165, 1.54) is 31.2 Å². The molecule has 1 aliphatic carbocycles. The highest BCUT2D eigenvalue weighted by Crippen LogP contribution is 2.45. The maximum Gasteiger partial charge on any atom is 0.129 e. The summed E-state index contributed by atoms with van der Waals surface area (Å²) < 4.78 is 0. The number of hydrogen-bond donors (Lipinski definition) is 0. The van der Waals surface area contributed by atoms with Crippen LogP contribution < -0.4 is 4.90 Å². The molecule has 0 saturated carbocycles. The third kappa shape index (κ3) is 2.82. The van der Waals surface area contributed by atoms with Gasteiger partial charge in [0.05, 0.1) is 0 Å². The maximum absolute atomic E-state index is 4.82. The Morgan fingerprint density at radius 2 is 1.77 bits per heavy atom. The SMILES string of the molecule is Cc1cc(-c2nccs2)cc(N2CCC3(CC2)Cc2ccccc2C3)n1. The number of pyridine rings is 1. The molecule has 1 aliphatic heterocycles. The van der Waals surface area contributed by atoms with E-state index >= 15 is 0 Å². The predicted octanol–water partition coefficient (Wildman–Crippen LogP) is 4.90. The van der Waals surface area contributed by atoms with Gasteiger partial charge in [0.2, 0.25) is 0 Å². The van der Waals surface area contributed by atoms with Gasteiger partial charge in [-0.25, -0.2) is 9.97 Å². The van der Waals surface area contributed by atoms with Crippen molar-refractivity contribution in [2.45, 2.75) is 32.6 Å². The molecule has 132 valence electrons. The van der Waals surface area contributed by atoms with Crippen molar-refractivity contribution in [3.05, 3.63) is 64.8 Å². The Hall–Kier alpha value is -2.20. The number of piperidine rings is 1. The van der Waals surface area contributed by atoms with Crippen LogP contribution in [0.25, 0.3) is 10.6 Å². The Bertz CT molecular complexity index is 897. The van der Waals surface area contributed by atoms with E-state index in [4.69, 9.17) is 4.98 Å². The minimum Gasteiger partial charge on any atom is -0.357 e. The average molecular weight is 362 g/mol. The molecule has 3 aromatic rings. The Balaban J connectivity index is 1.35. The van der Waals surface area contributed by atoms with E-state index in [1.54, 1.807) is 22.5 Å². The number of benzene rings is 1. The first-order chi connectivity index (χ1) is 12.7. The minimum absolute atomic E-state index is 0.474. The molecule has 4 heteroatoms. The summed E-state index contributed by atoms with van der Waals surface area (Å²) >= 11 is 1.69. The van der Waals surface area contributed by atoms with Gasteiger partial charge in [-0.3, -0.25) is 0 Å². The third-order valence-corrected chi connectivity index (χ3v) is 6.84. The molecule has 1 saturated heterocycles. The highest BCUT2D eigenvalue weighted by Gasteiger charge is 2.39. The van der Waals surface area contributed by atoms with Gasteiger partial charge in [-0.05, 0) is 61.3 Å². The van der Waals surface area contributed by atoms with Crippen LogP contribution in [0, 0.1) is 12.3 Å². The number of thiazole rings is 1. The van der Waals surface area contributed by atoms with Crippen LogP contribution in [0.4, 0.5) is 5.82 Å². The van der Waals surface area contributed by atoms with Crippen molar-refractivity contribution < 1.29 is 0 Å². The molecule has 2 aliphatic rings. The van der Waals surface area contributed by atoms with Gasteiger partial charge < -0.3 is 4.90 Å². The fourth-order valence-corrected chi connectivity index (χ4v) is 5.27. The van der Waals surface area contributed by atoms with Crippen molar-refractivity contribution in [1.82, 2.24) is 9.97 Å². The van der Waals surface area contributed by atoms with Crippen molar-refractivity contribution >= 4 is 17.2 Å². The largest absolute Gasteiger partial charge is 0.357 e. The van der Waals surface area contributed by atoms with Gasteiger partial charge in [-0.1, -0.05) is 24.3 Å². The van der Waals surface area contributed by atoms with Crippen molar-refractivity contribution in [3.63, 3.8) is 0 Å². The minimum atomic E-state index is 0.474. The van der Waals surface area contributed by atoms with Crippen molar-refractivity contribution in [1.29, 1.82) is 0 Å². The smallest absolute Gasteiger partial charge is 0.129 e. The standard InChI is InChI=1S/C22H23N3S/c1-16-12-19(21-23-8-11-26-21)13-20(24-16)25-9-6-22(7-10-25)14-17-4-2-3-5-18(17)15-22/h2-5,8,11-13H,6-7,9-10,14-15H2,1H3. The number of fused-ring (bicyclic) bond motifs is 1. The zero-order valence-corrected chi connectivity index (χ0v) is 15.9. The van der Waals surface area contributed by atoms with Crippen LogP contribution in [0.2, 0.25) is 0 Å². The lowest BCUT2D eigenvalue weighted by Crippen LogP contribution is -2.41. The Labute approximate surface area is 158 Å². The number of anilines is 1. The third-order valence-electron chi connectivity index (χ3n) is 6.02. The lowest BCUT2D eigenvalue weighted by molar-refractivity contribution is 0.232. The lowest BCUT2D eigenvalue weighted by atomic mass is 9.76. The molecule has 0 N–H and O–H groups in total. The Morgan fingerprint density at radius 1 is 1.04 bits per heavy atom. The number of aryl methyl sites for hydroxylation is 1. The van der Waals surface area contributed by atoms with Gasteiger partial charge in [0.25, 0.3) is 0 Å². The van der Waals surface area contributed by atoms with Crippen LogP contribution in [-0.4, -0.2) is 23.1 Å². The second kappa shape index (κ2) is 6.20. The zero-order chi connectivity index (χ0) is 17.6. The predicted molar refractivity (Wildman–Crippen MR) is 108 cm³/mol. The molecular weight excluding hydrogens is 338 g/mol. The molecule has 5 rings (SSSR count). The average Bonchev–Trinajstić information content (AvgIpc) is 3.29. The second-order valence-electron chi connectivity index (χ2n) is 7.80. The molecule has 0 radical (unpaired) electrons. The van der Waals surface area contributed by atoms with Crippen LogP contribution >= 0.6 is 11.3 Å². The molecule has 0 bridgehead atoms. The monoisotopic (exact) mass is 361 g/mol. The van der Waals surface area contributed by atoms with Crippen LogP contribution in [0.15, 0.2) is 48.0 Å². The van der Waals surface area contributed by atoms with Crippen LogP contribution in [0.1, 0.15) is 29.7 Å². The van der Waals surface area contributed by atoms with Crippen LogP contribution in [0.3, 0.4) is 0 Å². The van der Waals surface area contributed by atoms with Gasteiger partial charge in [-0.2, -0.15) is 0 Å². The van der Waals surface area contributed by atoms with Gasteiger partial charge in [0.1, 0.15) is 10.8 Å². The second-order valence-corrected chi connectivity index (χ2v) is 8.70. The molecule has 0 atom stereocenters. The van der Waals surface area contributed by atoms with E-state index in [-0.39, 0.29) is 0 Å². The quantitative estimate of drug-likeness (QED) is 0.650. The summed E-state index contributed by atoms with van der Waals surface area (Å²) in [6, 6.07) is 13.4. The number of nitrogens with zero attached hydrogens (tertiary/aromatic N) is 3. The molecule has 3 nitrogen and oxygen atoms in total. The van der Waals surface area contributed by atoms with Gasteiger partial charge in [0, 0.05) is 35.9 Å². The van der Waals surface area contributed by atoms with Crippen LogP contribution in [-0.2, 0) is 12.8 Å². The van der Waals surface area contributed by atoms with Crippen LogP contribution in [0.5, 0.6) is 0 Å². The number of rotatable bonds is 2. The van der Waals surface area contributed by atoms with Gasteiger partial charge >= 0.3 is 0 Å². The zero-order valence-electron chi connectivity index (χ0n) is 15.1. The first-order valence-electron chi connectivity index (χ1n) is 9.41. The summed E-state index contributed by atoms with van der Waals surface area (Å²) in [7, 11) is 0. The van der Waals surface area contributed by atoms with E-state index in [0.717, 1.165) is 29.6 Å². The summed E-state index contributed by atoms with van der Waals surface area (Å²) in [5.41, 5.74) is 5.88. The molecule has 1 fully saturated rings. The molecule has 3 heterocycles. The molecule has 26 heavy (non-hydrogen) atoms. The van der Waals surface area contributed by atoms with Crippen molar-refractivity contribution in [3.8, 4) is 10.6 Å². The first kappa shape index (κ1) is 16.0. The summed E-state index contributed by atoms with van der Waals surface area (Å²) in [5.74, 6) is 1.11. The van der Waals surface area contributed by atoms with Crippen molar-refractivity contribution in [2.24, 2.45) is 5.41 Å². The fraction of sp³-hybridized carbons (Fsp3) is 0.364. The molecule has 1 spiro atoms. The number of hydrogen-bond acceptors (Lipinski definition) is 4. The first-order valence-corrected chi connectivity index (χ1v) is 10.3. The molecular formula is C22H23N3S. The topological polar surface area (TPSA) is 29.0 Å². The maximum atomic E-state index is 4.82. The van der Waals surface area contributed by atoms with E-state index in [0.29, 0.717) is 5.41 Å². The molecule has 1 aromatic carbocycles. The summed E-state index contributed by atoms with van der Waals surface area (Å²) in [6.45, 7) is 4.28. The fourth-order valence-electron chi connectivity index (χ4n) is 4.64. The Morgan fingerprint density at radius 3 is 2.42 bits per heavy atom. The summed E-state index contributed by atoms with van der Waals surface area (Å²) in [5, 5.41) is 3.11. The molecule has 0 unspecified atom stereocenters. The van der Waals surface area contributed by atoms with E-state index in [1.807, 2.05) is 11.6 Å². The van der Waals surface area contributed by atoms with E-state index in [9.17, 15) is 0 Å². The van der Waals surface area contributed by atoms with E-state index < -0.39 is 0 Å². The van der Waals surface area contributed by atoms with Crippen molar-refractivity contribution in [2.75, 3.05) is 18.0 Å². The molecule has 0 amide bonds. The summed E-state index contributed by atoms with van der Waals surface area (Å²) in [6.07, 6.45) is 6.89. The lowest BCUT2D eigenvalue weighted by Gasteiger charge is -2.40. The normalized spacial score (nSPS) is 18.3. The Kier molecular flexibility index (Phi) is 3.82. The van der Waals surface area contributed by atoms with Gasteiger partial charge in [0.15, 0.2) is 0 Å². The van der Waals surface area contributed by atoms with E-state index in [2.05, 4.69) is 53.2 Å². The summed E-state index contributed by atoms with van der Waals surface area (Å²) in [4.78, 5) is 11.8. The van der Waals surface area contributed by atoms with Gasteiger partial charge in [-0.15, -0.1) is 11.3 Å². The highest BCUT2D eigenvalue weighted by molar-refractivity contribution is 7.13.